The van der Waals surface area contributed by atoms with Gasteiger partial charge in [-0.05, 0) is 34.7 Å². The molecule has 4 nitrogen and oxygen atoms in total. The number of halogens is 4. The number of hydrogen-bond donors (Lipinski definition) is 2. The van der Waals surface area contributed by atoms with Gasteiger partial charge in [-0.1, -0.05) is 29.3 Å². The Kier molecular flexibility index (Phi) is 4.36. The van der Waals surface area contributed by atoms with E-state index in [0.29, 0.717) is 9.13 Å². The summed E-state index contributed by atoms with van der Waals surface area (Å²) in [5.41, 5.74) is 5.52. The van der Waals surface area contributed by atoms with Crippen LogP contribution in [0.2, 0.25) is 10.0 Å². The average molecular weight is 427 g/mol. The van der Waals surface area contributed by atoms with Gasteiger partial charge in [-0.2, -0.15) is 0 Å². The van der Waals surface area contributed by atoms with E-state index in [1.54, 1.807) is 6.07 Å². The smallest absolute Gasteiger partial charge is 0.356 e. The number of rotatable bonds is 2. The number of hydrogen-bond acceptors (Lipinski definition) is 3. The number of benzene rings is 1. The first kappa shape index (κ1) is 15.3. The molecule has 0 aliphatic rings. The highest BCUT2D eigenvalue weighted by Crippen LogP contribution is 2.37. The summed E-state index contributed by atoms with van der Waals surface area (Å²) in [5.74, 6) is -1.81. The number of carbonyl (C=O) groups is 1. The zero-order valence-electron chi connectivity index (χ0n) is 9.62. The third-order valence-corrected chi connectivity index (χ3v) is 4.15. The summed E-state index contributed by atoms with van der Waals surface area (Å²) < 4.78 is 14.0. The lowest BCUT2D eigenvalue weighted by atomic mass is 10.1. The summed E-state index contributed by atoms with van der Waals surface area (Å²) in [5, 5.41) is 8.78. The summed E-state index contributed by atoms with van der Waals surface area (Å²) >= 11 is 13.6. The molecule has 0 bridgehead atoms. The van der Waals surface area contributed by atoms with Gasteiger partial charge in [0.05, 0.1) is 21.4 Å². The number of aromatic nitrogens is 1. The van der Waals surface area contributed by atoms with Crippen LogP contribution >= 0.6 is 45.8 Å². The van der Waals surface area contributed by atoms with Crippen molar-refractivity contribution in [2.45, 2.75) is 0 Å². The second-order valence-electron chi connectivity index (χ2n) is 3.78. The zero-order chi connectivity index (χ0) is 15.0. The van der Waals surface area contributed by atoms with Gasteiger partial charge in [0.25, 0.3) is 0 Å². The second kappa shape index (κ2) is 5.71. The van der Waals surface area contributed by atoms with Crippen LogP contribution in [0.4, 0.5) is 10.1 Å². The second-order valence-corrected chi connectivity index (χ2v) is 5.70. The Balaban J connectivity index is 2.73. The number of nitrogens with zero attached hydrogens (tertiary/aromatic N) is 1. The van der Waals surface area contributed by atoms with Crippen LogP contribution in [0.3, 0.4) is 0 Å². The van der Waals surface area contributed by atoms with Gasteiger partial charge in [0.1, 0.15) is 5.82 Å². The molecule has 0 saturated carbocycles. The van der Waals surface area contributed by atoms with Crippen molar-refractivity contribution < 1.29 is 14.3 Å². The molecule has 2 rings (SSSR count). The molecule has 20 heavy (non-hydrogen) atoms. The van der Waals surface area contributed by atoms with Gasteiger partial charge in [0, 0.05) is 9.13 Å². The first-order chi connectivity index (χ1) is 9.32. The number of carboxylic acid groups (broad SMARTS) is 1. The molecular weight excluding hydrogens is 421 g/mol. The van der Waals surface area contributed by atoms with Crippen molar-refractivity contribution >= 4 is 57.4 Å². The summed E-state index contributed by atoms with van der Waals surface area (Å²) in [6, 6.07) is 4.29. The fourth-order valence-corrected chi connectivity index (χ4v) is 2.39. The van der Waals surface area contributed by atoms with Gasteiger partial charge < -0.3 is 10.8 Å². The standard InChI is InChI=1S/C12H6Cl2FIN2O2/c13-7-9(17)8(14)11(12(19)20)18-10(7)4-1-2-6(16)5(15)3-4/h1-3H,(H2,17,18)(H,19,20). The third kappa shape index (κ3) is 2.68. The molecule has 0 saturated heterocycles. The van der Waals surface area contributed by atoms with Gasteiger partial charge >= 0.3 is 5.97 Å². The molecule has 0 atom stereocenters. The predicted molar refractivity (Wildman–Crippen MR) is 83.7 cm³/mol. The fraction of sp³-hybridized carbons (Fsp3) is 0. The van der Waals surface area contributed by atoms with Crippen LogP contribution < -0.4 is 5.73 Å². The summed E-state index contributed by atoms with van der Waals surface area (Å²) in [7, 11) is 0. The Labute approximate surface area is 136 Å². The van der Waals surface area contributed by atoms with E-state index in [-0.39, 0.29) is 21.4 Å². The lowest BCUT2D eigenvalue weighted by Crippen LogP contribution is -2.06. The normalized spacial score (nSPS) is 10.6. The monoisotopic (exact) mass is 426 g/mol. The Morgan fingerprint density at radius 2 is 2.00 bits per heavy atom. The number of anilines is 1. The van der Waals surface area contributed by atoms with Crippen LogP contribution in [0.1, 0.15) is 10.5 Å². The summed E-state index contributed by atoms with van der Waals surface area (Å²) in [6.07, 6.45) is 0. The largest absolute Gasteiger partial charge is 0.476 e. The highest BCUT2D eigenvalue weighted by molar-refractivity contribution is 14.1. The van der Waals surface area contributed by atoms with E-state index < -0.39 is 17.5 Å². The molecule has 0 aliphatic heterocycles. The topological polar surface area (TPSA) is 76.2 Å². The number of nitrogens with two attached hydrogens (primary N) is 1. The first-order valence-corrected chi connectivity index (χ1v) is 6.99. The maximum absolute atomic E-state index is 13.6. The lowest BCUT2D eigenvalue weighted by molar-refractivity contribution is 0.0691. The first-order valence-electron chi connectivity index (χ1n) is 5.16. The Morgan fingerprint density at radius 1 is 1.35 bits per heavy atom. The van der Waals surface area contributed by atoms with Crippen molar-refractivity contribution in [3.63, 3.8) is 0 Å². The van der Waals surface area contributed by atoms with Gasteiger partial charge in [-0.25, -0.2) is 14.2 Å². The van der Waals surface area contributed by atoms with E-state index in [4.69, 9.17) is 34.0 Å². The highest BCUT2D eigenvalue weighted by atomic mass is 127. The van der Waals surface area contributed by atoms with Crippen LogP contribution in [0.5, 0.6) is 0 Å². The number of carboxylic acids is 1. The van der Waals surface area contributed by atoms with Crippen LogP contribution in [-0.4, -0.2) is 16.1 Å². The zero-order valence-corrected chi connectivity index (χ0v) is 13.3. The number of nitrogen functional groups attached to an aromatic ring is 1. The minimum Gasteiger partial charge on any atom is -0.476 e. The number of aromatic carboxylic acids is 1. The fourth-order valence-electron chi connectivity index (χ4n) is 1.54. The highest BCUT2D eigenvalue weighted by Gasteiger charge is 2.21. The van der Waals surface area contributed by atoms with Crippen molar-refractivity contribution in [2.24, 2.45) is 0 Å². The molecule has 0 unspecified atom stereocenters. The molecule has 1 heterocycles. The molecule has 104 valence electrons. The molecule has 0 fully saturated rings. The Morgan fingerprint density at radius 3 is 2.55 bits per heavy atom. The van der Waals surface area contributed by atoms with Gasteiger partial charge in [0.15, 0.2) is 5.69 Å². The number of pyridine rings is 1. The molecule has 1 aromatic heterocycles. The predicted octanol–water partition coefficient (Wildman–Crippen LogP) is 4.08. The molecule has 0 aliphatic carbocycles. The Bertz CT molecular complexity index is 725. The van der Waals surface area contributed by atoms with E-state index in [0.717, 1.165) is 0 Å². The Hall–Kier alpha value is -1.12. The van der Waals surface area contributed by atoms with E-state index in [9.17, 15) is 9.18 Å². The minimum absolute atomic E-state index is 0.0133. The van der Waals surface area contributed by atoms with Crippen molar-refractivity contribution in [2.75, 3.05) is 5.73 Å². The van der Waals surface area contributed by atoms with E-state index in [2.05, 4.69) is 4.98 Å². The molecule has 2 aromatic rings. The molecule has 0 amide bonds. The van der Waals surface area contributed by atoms with E-state index in [1.807, 2.05) is 22.6 Å². The molecule has 3 N–H and O–H groups in total. The van der Waals surface area contributed by atoms with E-state index >= 15 is 0 Å². The molecule has 1 aromatic carbocycles. The molecular formula is C12H6Cl2FIN2O2. The molecule has 0 spiro atoms. The SMILES string of the molecule is Nc1c(Cl)c(C(=O)O)nc(-c2ccc(I)c(F)c2)c1Cl. The van der Waals surface area contributed by atoms with Crippen LogP contribution in [0, 0.1) is 9.39 Å². The van der Waals surface area contributed by atoms with Gasteiger partial charge in [-0.15, -0.1) is 0 Å². The van der Waals surface area contributed by atoms with Crippen molar-refractivity contribution in [1.29, 1.82) is 0 Å². The van der Waals surface area contributed by atoms with Crippen molar-refractivity contribution in [3.05, 3.63) is 43.3 Å². The van der Waals surface area contributed by atoms with Gasteiger partial charge in [-0.3, -0.25) is 0 Å². The van der Waals surface area contributed by atoms with Crippen molar-refractivity contribution in [3.8, 4) is 11.3 Å². The van der Waals surface area contributed by atoms with Crippen LogP contribution in [0.25, 0.3) is 11.3 Å². The quantitative estimate of drug-likeness (QED) is 0.709. The van der Waals surface area contributed by atoms with Crippen molar-refractivity contribution in [1.82, 2.24) is 4.98 Å². The average Bonchev–Trinajstić information content (AvgIpc) is 2.39. The lowest BCUT2D eigenvalue weighted by Gasteiger charge is -2.10. The summed E-state index contributed by atoms with van der Waals surface area (Å²) in [4.78, 5) is 14.9. The summed E-state index contributed by atoms with van der Waals surface area (Å²) in [6.45, 7) is 0. The molecule has 8 heteroatoms. The maximum Gasteiger partial charge on any atom is 0.356 e. The molecule has 0 radical (unpaired) electrons. The van der Waals surface area contributed by atoms with E-state index in [1.165, 1.54) is 12.1 Å². The van der Waals surface area contributed by atoms with Gasteiger partial charge in [0.2, 0.25) is 0 Å². The maximum atomic E-state index is 13.6. The van der Waals surface area contributed by atoms with Crippen LogP contribution in [-0.2, 0) is 0 Å². The third-order valence-electron chi connectivity index (χ3n) is 2.51. The minimum atomic E-state index is -1.34. The van der Waals surface area contributed by atoms with Crippen LogP contribution in [0.15, 0.2) is 18.2 Å².